The Morgan fingerprint density at radius 2 is 1.33 bits per heavy atom. The van der Waals surface area contributed by atoms with Crippen molar-refractivity contribution >= 4 is 23.1 Å². The first kappa shape index (κ1) is 18.4. The molecule has 1 atom stereocenters. The van der Waals surface area contributed by atoms with Crippen molar-refractivity contribution in [2.75, 3.05) is 0 Å². The molecule has 5 aromatic rings. The van der Waals surface area contributed by atoms with Gasteiger partial charge in [0, 0.05) is 23.5 Å². The summed E-state index contributed by atoms with van der Waals surface area (Å²) < 4.78 is 6.36. The van der Waals surface area contributed by atoms with Gasteiger partial charge in [-0.3, -0.25) is 9.97 Å². The Labute approximate surface area is 192 Å². The third kappa shape index (κ3) is 2.41. The highest BCUT2D eigenvalue weighted by molar-refractivity contribution is 6.96. The van der Waals surface area contributed by atoms with Crippen LogP contribution in [0.15, 0.2) is 116 Å². The summed E-state index contributed by atoms with van der Waals surface area (Å²) in [6.07, 6.45) is 5.59. The molecule has 0 N–H and O–H groups in total. The van der Waals surface area contributed by atoms with E-state index in [-0.39, 0.29) is 6.71 Å². The van der Waals surface area contributed by atoms with Crippen LogP contribution in [0.4, 0.5) is 0 Å². The van der Waals surface area contributed by atoms with Crippen LogP contribution in [0.1, 0.15) is 22.4 Å². The molecule has 2 aliphatic heterocycles. The van der Waals surface area contributed by atoms with Gasteiger partial charge in [-0.05, 0) is 29.2 Å². The zero-order valence-electron chi connectivity index (χ0n) is 17.8. The summed E-state index contributed by atoms with van der Waals surface area (Å²) in [6, 6.07) is 34.2. The molecule has 1 spiro atoms. The predicted molar refractivity (Wildman–Crippen MR) is 132 cm³/mol. The van der Waals surface area contributed by atoms with Crippen LogP contribution in [0.25, 0.3) is 0 Å². The lowest BCUT2D eigenvalue weighted by atomic mass is 9.31. The topological polar surface area (TPSA) is 35.0 Å². The van der Waals surface area contributed by atoms with E-state index in [9.17, 15) is 0 Å². The molecule has 4 heteroatoms. The van der Waals surface area contributed by atoms with Gasteiger partial charge in [0.2, 0.25) is 6.71 Å². The van der Waals surface area contributed by atoms with E-state index in [2.05, 4.69) is 89.9 Å². The van der Waals surface area contributed by atoms with Crippen molar-refractivity contribution in [1.82, 2.24) is 9.97 Å². The fraction of sp³-hybridized carbons (Fsp3) is 0.0345. The number of hydrogen-bond donors (Lipinski definition) is 0. The molecule has 4 heterocycles. The molecule has 2 aromatic heterocycles. The average Bonchev–Trinajstić information content (AvgIpc) is 2.89. The van der Waals surface area contributed by atoms with Gasteiger partial charge in [-0.2, -0.15) is 0 Å². The van der Waals surface area contributed by atoms with Crippen LogP contribution in [0, 0.1) is 0 Å². The first-order chi connectivity index (χ1) is 16.4. The van der Waals surface area contributed by atoms with E-state index in [1.54, 1.807) is 0 Å². The highest BCUT2D eigenvalue weighted by Crippen LogP contribution is 2.54. The number of hydrogen-bond acceptors (Lipinski definition) is 3. The molecule has 154 valence electrons. The normalized spacial score (nSPS) is 17.4. The Hall–Kier alpha value is -4.18. The molecule has 0 saturated carbocycles. The van der Waals surface area contributed by atoms with Gasteiger partial charge in [-0.25, -0.2) is 0 Å². The molecule has 0 fully saturated rings. The molecule has 0 aliphatic carbocycles. The molecule has 7 rings (SSSR count). The molecular weight excluding hydrogens is 403 g/mol. The average molecular weight is 422 g/mol. The zero-order valence-corrected chi connectivity index (χ0v) is 17.8. The highest BCUT2D eigenvalue weighted by Gasteiger charge is 2.52. The van der Waals surface area contributed by atoms with E-state index in [0.717, 1.165) is 28.3 Å². The number of benzene rings is 3. The smallest absolute Gasteiger partial charge is 0.244 e. The summed E-state index contributed by atoms with van der Waals surface area (Å²) >= 11 is 0. The van der Waals surface area contributed by atoms with Gasteiger partial charge in [-0.15, -0.1) is 0 Å². The maximum atomic E-state index is 6.36. The Morgan fingerprint density at radius 3 is 2.24 bits per heavy atom. The summed E-state index contributed by atoms with van der Waals surface area (Å²) in [5.74, 6) is 1.63. The van der Waals surface area contributed by atoms with Crippen molar-refractivity contribution in [2.45, 2.75) is 5.41 Å². The van der Waals surface area contributed by atoms with Gasteiger partial charge in [0.15, 0.2) is 5.75 Å². The molecule has 0 bridgehead atoms. The first-order valence-electron chi connectivity index (χ1n) is 11.2. The monoisotopic (exact) mass is 422 g/mol. The van der Waals surface area contributed by atoms with Crippen molar-refractivity contribution in [3.63, 3.8) is 0 Å². The van der Waals surface area contributed by atoms with Crippen LogP contribution in [-0.4, -0.2) is 16.7 Å². The van der Waals surface area contributed by atoms with Crippen molar-refractivity contribution in [3.8, 4) is 11.5 Å². The van der Waals surface area contributed by atoms with Crippen molar-refractivity contribution < 1.29 is 4.74 Å². The van der Waals surface area contributed by atoms with Crippen molar-refractivity contribution in [2.24, 2.45) is 0 Å². The minimum absolute atomic E-state index is 0.108. The molecule has 0 radical (unpaired) electrons. The Kier molecular flexibility index (Phi) is 3.85. The highest BCUT2D eigenvalue weighted by atomic mass is 16.5. The standard InChI is InChI=1S/C29H19BN2O/c1-2-9-20(10-3-1)30-24-13-6-4-11-21(24)29(28-25(30)14-8-17-32-28)22-12-5-7-15-26(22)33-27-19-31-18-16-23(27)29/h1-19H. The fourth-order valence-corrected chi connectivity index (χ4v) is 5.80. The Bertz CT molecular complexity index is 1420. The van der Waals surface area contributed by atoms with E-state index >= 15 is 0 Å². The van der Waals surface area contributed by atoms with E-state index in [1.165, 1.54) is 22.0 Å². The minimum Gasteiger partial charge on any atom is -0.455 e. The van der Waals surface area contributed by atoms with Crippen molar-refractivity contribution in [1.29, 1.82) is 0 Å². The molecule has 2 aliphatic rings. The number of rotatable bonds is 1. The second-order valence-electron chi connectivity index (χ2n) is 8.59. The quantitative estimate of drug-likeness (QED) is 0.378. The lowest BCUT2D eigenvalue weighted by Crippen LogP contribution is -2.62. The maximum absolute atomic E-state index is 6.36. The number of fused-ring (bicyclic) bond motifs is 8. The van der Waals surface area contributed by atoms with Gasteiger partial charge in [0.25, 0.3) is 0 Å². The number of para-hydroxylation sites is 1. The van der Waals surface area contributed by atoms with Crippen LogP contribution in [0.2, 0.25) is 0 Å². The summed E-state index contributed by atoms with van der Waals surface area (Å²) in [6.45, 7) is 0.108. The molecule has 3 nitrogen and oxygen atoms in total. The number of nitrogens with zero attached hydrogens (tertiary/aromatic N) is 2. The van der Waals surface area contributed by atoms with E-state index in [0.29, 0.717) is 0 Å². The summed E-state index contributed by atoms with van der Waals surface area (Å²) in [5.41, 5.74) is 7.70. The number of pyridine rings is 2. The van der Waals surface area contributed by atoms with Crippen LogP contribution < -0.4 is 21.1 Å². The molecule has 3 aromatic carbocycles. The van der Waals surface area contributed by atoms with Gasteiger partial charge in [-0.1, -0.05) is 89.8 Å². The lowest BCUT2D eigenvalue weighted by molar-refractivity contribution is 0.430. The van der Waals surface area contributed by atoms with E-state index in [1.807, 2.05) is 30.7 Å². The SMILES string of the molecule is c1ccc(B2c3ccccc3C3(c4ccccc4Oc4cnccc43)c3ncccc32)cc1. The molecule has 0 saturated heterocycles. The second kappa shape index (κ2) is 6.91. The third-order valence-corrected chi connectivity index (χ3v) is 7.01. The largest absolute Gasteiger partial charge is 0.455 e. The van der Waals surface area contributed by atoms with Gasteiger partial charge in [0.05, 0.1) is 17.3 Å². The van der Waals surface area contributed by atoms with Gasteiger partial charge >= 0.3 is 0 Å². The minimum atomic E-state index is -0.578. The zero-order chi connectivity index (χ0) is 21.8. The Balaban J connectivity index is 1.67. The summed E-state index contributed by atoms with van der Waals surface area (Å²) in [4.78, 5) is 9.47. The van der Waals surface area contributed by atoms with Gasteiger partial charge in [0.1, 0.15) is 5.75 Å². The number of ether oxygens (including phenoxy) is 1. The van der Waals surface area contributed by atoms with E-state index in [4.69, 9.17) is 9.72 Å². The lowest BCUT2D eigenvalue weighted by Gasteiger charge is -2.46. The van der Waals surface area contributed by atoms with Crippen LogP contribution in [-0.2, 0) is 5.41 Å². The van der Waals surface area contributed by atoms with Crippen LogP contribution >= 0.6 is 0 Å². The first-order valence-corrected chi connectivity index (χ1v) is 11.2. The molecule has 1 unspecified atom stereocenters. The van der Waals surface area contributed by atoms with E-state index < -0.39 is 5.41 Å². The molecule has 33 heavy (non-hydrogen) atoms. The maximum Gasteiger partial charge on any atom is 0.244 e. The molecular formula is C29H19BN2O. The fourth-order valence-electron chi connectivity index (χ4n) is 5.80. The molecule has 0 amide bonds. The Morgan fingerprint density at radius 1 is 0.606 bits per heavy atom. The third-order valence-electron chi connectivity index (χ3n) is 7.01. The van der Waals surface area contributed by atoms with Crippen LogP contribution in [0.5, 0.6) is 11.5 Å². The summed E-state index contributed by atoms with van der Waals surface area (Å²) in [5, 5.41) is 0. The predicted octanol–water partition coefficient (Wildman–Crippen LogP) is 3.79. The second-order valence-corrected chi connectivity index (χ2v) is 8.59. The van der Waals surface area contributed by atoms with Gasteiger partial charge < -0.3 is 4.74 Å². The summed E-state index contributed by atoms with van der Waals surface area (Å²) in [7, 11) is 0. The number of aromatic nitrogens is 2. The van der Waals surface area contributed by atoms with Crippen molar-refractivity contribution in [3.05, 3.63) is 138 Å². The van der Waals surface area contributed by atoms with Crippen LogP contribution in [0.3, 0.4) is 0 Å².